The summed E-state index contributed by atoms with van der Waals surface area (Å²) in [4.78, 5) is 19.0. The maximum Gasteiger partial charge on any atom is 0.573 e. The fourth-order valence-corrected chi connectivity index (χ4v) is 5.09. The van der Waals surface area contributed by atoms with Crippen molar-refractivity contribution >= 4 is 33.6 Å². The number of aryl methyl sites for hydroxylation is 1. The smallest absolute Gasteiger partial charge is 0.406 e. The molecular weight excluding hydrogens is 569 g/mol. The van der Waals surface area contributed by atoms with Crippen molar-refractivity contribution < 1.29 is 17.9 Å². The molecule has 206 valence electrons. The Morgan fingerprint density at radius 3 is 1.89 bits per heavy atom. The summed E-state index contributed by atoms with van der Waals surface area (Å²) in [6, 6.07) is 14.2. The molecule has 0 unspecified atom stereocenters. The molecular formula is C32H11F3N8O. The lowest BCUT2D eigenvalue weighted by Gasteiger charge is -2.12. The number of fused-ring (bicyclic) bond motifs is 2. The topological polar surface area (TPSA) is 119 Å². The van der Waals surface area contributed by atoms with Gasteiger partial charge in [-0.05, 0) is 46.9 Å². The van der Waals surface area contributed by atoms with Gasteiger partial charge in [0.1, 0.15) is 11.8 Å². The minimum absolute atomic E-state index is 0.000199. The maximum atomic E-state index is 12.9. The van der Waals surface area contributed by atoms with Gasteiger partial charge in [-0.15, -0.1) is 13.2 Å². The summed E-state index contributed by atoms with van der Waals surface area (Å²) in [6.07, 6.45) is -2.50. The molecule has 1 heterocycles. The highest BCUT2D eigenvalue weighted by molar-refractivity contribution is 6.25. The molecule has 0 N–H and O–H groups in total. The molecule has 2 aliphatic rings. The molecule has 0 bridgehead atoms. The molecule has 0 spiro atoms. The number of hydrogen-bond acceptors (Lipinski definition) is 6. The van der Waals surface area contributed by atoms with E-state index < -0.39 is 17.8 Å². The highest BCUT2D eigenvalue weighted by Gasteiger charge is 2.36. The fourth-order valence-electron chi connectivity index (χ4n) is 5.09. The van der Waals surface area contributed by atoms with E-state index in [1.54, 1.807) is 24.3 Å². The summed E-state index contributed by atoms with van der Waals surface area (Å²) in [5.74, 6) is -0.597. The highest BCUT2D eigenvalue weighted by atomic mass is 19.4. The predicted molar refractivity (Wildman–Crippen MR) is 150 cm³/mol. The second-order valence-electron chi connectivity index (χ2n) is 9.18. The molecule has 0 saturated carbocycles. The number of benzene rings is 2. The van der Waals surface area contributed by atoms with Gasteiger partial charge in [0.05, 0.1) is 61.2 Å². The number of ether oxygens (including phenoxy) is 1. The number of rotatable bonds is 3. The molecule has 12 heteroatoms. The third-order valence-electron chi connectivity index (χ3n) is 6.75. The van der Waals surface area contributed by atoms with Crippen molar-refractivity contribution in [3.05, 3.63) is 134 Å². The number of nitrogens with zero attached hydrogens (tertiary/aromatic N) is 8. The Labute approximate surface area is 248 Å². The zero-order valence-corrected chi connectivity index (χ0v) is 22.2. The quantitative estimate of drug-likeness (QED) is 0.238. The van der Waals surface area contributed by atoms with Crippen LogP contribution in [0, 0.1) is 60.6 Å². The minimum atomic E-state index is -4.99. The summed E-state index contributed by atoms with van der Waals surface area (Å²) < 4.78 is 42.7. The summed E-state index contributed by atoms with van der Waals surface area (Å²) in [5, 5.41) is 29.5. The number of allylic oxidation sites excluding steroid dienone is 7. The van der Waals surface area contributed by atoms with Crippen molar-refractivity contribution in [2.75, 3.05) is 0 Å². The van der Waals surface area contributed by atoms with Crippen LogP contribution >= 0.6 is 0 Å². The standard InChI is InChI=1S/C32H11F3N8O/c1-16-5-7-18-20(9-16)22(11-36)29(27(18)23(12-37)39-2)25-14-43-26(15-42-25)30-28(24(13-38)40-3)19-8-6-17(44-32(33,34)35)10-21(19)31(30)41-4/h5-10,14-15H,1H3/b27-23+,28-24-. The summed E-state index contributed by atoms with van der Waals surface area (Å²) in [6.45, 7) is 24.7. The van der Waals surface area contributed by atoms with E-state index in [0.29, 0.717) is 11.1 Å². The van der Waals surface area contributed by atoms with E-state index in [-0.39, 0.29) is 61.8 Å². The lowest BCUT2D eigenvalue weighted by Crippen LogP contribution is -2.17. The number of nitriles is 3. The summed E-state index contributed by atoms with van der Waals surface area (Å²) >= 11 is 0. The monoisotopic (exact) mass is 580 g/mol. The third kappa shape index (κ3) is 4.58. The number of hydrogen-bond donors (Lipinski definition) is 0. The zero-order valence-electron chi connectivity index (χ0n) is 22.2. The fraction of sp³-hybridized carbons (Fsp3) is 0.0625. The first-order chi connectivity index (χ1) is 21.1. The van der Waals surface area contributed by atoms with Crippen LogP contribution in [-0.4, -0.2) is 16.3 Å². The van der Waals surface area contributed by atoms with E-state index in [9.17, 15) is 29.0 Å². The molecule has 0 atom stereocenters. The van der Waals surface area contributed by atoms with Gasteiger partial charge < -0.3 is 4.74 Å². The lowest BCUT2D eigenvalue weighted by atomic mass is 9.97. The molecule has 9 nitrogen and oxygen atoms in total. The Hall–Kier alpha value is -6.99. The van der Waals surface area contributed by atoms with Crippen molar-refractivity contribution in [1.82, 2.24) is 9.97 Å². The van der Waals surface area contributed by atoms with Crippen LogP contribution in [0.1, 0.15) is 39.2 Å². The highest BCUT2D eigenvalue weighted by Crippen LogP contribution is 2.51. The van der Waals surface area contributed by atoms with Crippen LogP contribution in [0.25, 0.3) is 48.1 Å². The van der Waals surface area contributed by atoms with Crippen LogP contribution in [0.15, 0.2) is 60.2 Å². The SMILES string of the molecule is [C-]#[N+]C1=C(c2cnc(C3=C(C#N)c4cc(C)ccc4/C3=C(/C#N)[N+]#[C-])cn2)/C(=C(/C#N)[N+]#[C-])c2ccc(OC(F)(F)F)cc21. The summed E-state index contributed by atoms with van der Waals surface area (Å²) in [5.41, 5.74) is 1.89. The largest absolute Gasteiger partial charge is 0.573 e. The van der Waals surface area contributed by atoms with E-state index in [2.05, 4.69) is 35.3 Å². The van der Waals surface area contributed by atoms with Crippen LogP contribution in [0.3, 0.4) is 0 Å². The van der Waals surface area contributed by atoms with Crippen LogP contribution in [0.4, 0.5) is 13.2 Å². The number of alkyl halides is 3. The Morgan fingerprint density at radius 2 is 1.36 bits per heavy atom. The Balaban J connectivity index is 1.73. The van der Waals surface area contributed by atoms with Gasteiger partial charge in [-0.25, -0.2) is 25.1 Å². The zero-order chi connectivity index (χ0) is 31.8. The summed E-state index contributed by atoms with van der Waals surface area (Å²) in [7, 11) is 0. The van der Waals surface area contributed by atoms with Crippen LogP contribution in [-0.2, 0) is 0 Å². The van der Waals surface area contributed by atoms with Gasteiger partial charge in [-0.1, -0.05) is 29.8 Å². The Bertz CT molecular complexity index is 2160. The molecule has 0 aliphatic heterocycles. The van der Waals surface area contributed by atoms with Crippen molar-refractivity contribution in [3.63, 3.8) is 0 Å². The van der Waals surface area contributed by atoms with E-state index >= 15 is 0 Å². The van der Waals surface area contributed by atoms with Crippen LogP contribution in [0.5, 0.6) is 5.75 Å². The van der Waals surface area contributed by atoms with Crippen molar-refractivity contribution in [2.45, 2.75) is 13.3 Å². The molecule has 1 aromatic heterocycles. The van der Waals surface area contributed by atoms with Crippen LogP contribution < -0.4 is 4.74 Å². The van der Waals surface area contributed by atoms with Gasteiger partial charge in [0.25, 0.3) is 11.4 Å². The van der Waals surface area contributed by atoms with E-state index in [1.165, 1.54) is 18.5 Å². The van der Waals surface area contributed by atoms with E-state index in [4.69, 9.17) is 19.7 Å². The van der Waals surface area contributed by atoms with Crippen LogP contribution in [0.2, 0.25) is 0 Å². The average molecular weight is 580 g/mol. The lowest BCUT2D eigenvalue weighted by molar-refractivity contribution is -0.274. The molecule has 5 rings (SSSR count). The number of aromatic nitrogens is 2. The first-order valence-electron chi connectivity index (χ1n) is 12.3. The van der Waals surface area contributed by atoms with Gasteiger partial charge in [0.2, 0.25) is 5.70 Å². The first-order valence-corrected chi connectivity index (χ1v) is 12.3. The second kappa shape index (κ2) is 10.8. The van der Waals surface area contributed by atoms with Gasteiger partial charge in [0.15, 0.2) is 0 Å². The Morgan fingerprint density at radius 1 is 0.795 bits per heavy atom. The van der Waals surface area contributed by atoms with Crippen molar-refractivity contribution in [1.29, 1.82) is 15.8 Å². The van der Waals surface area contributed by atoms with Gasteiger partial charge >= 0.3 is 6.36 Å². The normalized spacial score (nSPS) is 15.5. The van der Waals surface area contributed by atoms with Gasteiger partial charge in [-0.3, -0.25) is 9.97 Å². The molecule has 0 radical (unpaired) electrons. The average Bonchev–Trinajstić information content (AvgIpc) is 3.49. The molecule has 0 saturated heterocycles. The second-order valence-corrected chi connectivity index (χ2v) is 9.18. The number of halogens is 3. The van der Waals surface area contributed by atoms with E-state index in [1.807, 2.05) is 13.0 Å². The molecule has 0 amide bonds. The predicted octanol–water partition coefficient (Wildman–Crippen LogP) is 7.24. The molecule has 3 aromatic rings. The van der Waals surface area contributed by atoms with Gasteiger partial charge in [0, 0.05) is 16.7 Å². The minimum Gasteiger partial charge on any atom is -0.406 e. The molecule has 2 aromatic carbocycles. The molecule has 2 aliphatic carbocycles. The Kier molecular flexibility index (Phi) is 6.99. The molecule has 44 heavy (non-hydrogen) atoms. The molecule has 0 fully saturated rings. The van der Waals surface area contributed by atoms with E-state index in [0.717, 1.165) is 17.7 Å². The van der Waals surface area contributed by atoms with Crippen molar-refractivity contribution in [3.8, 4) is 24.0 Å². The van der Waals surface area contributed by atoms with Crippen molar-refractivity contribution in [2.24, 2.45) is 0 Å². The first kappa shape index (κ1) is 28.5. The maximum absolute atomic E-state index is 12.9. The third-order valence-corrected chi connectivity index (χ3v) is 6.75. The van der Waals surface area contributed by atoms with Gasteiger partial charge in [-0.2, -0.15) is 5.26 Å².